The maximum Gasteiger partial charge on any atom is 0.188 e. The Hall–Kier alpha value is -2.27. The zero-order chi connectivity index (χ0) is 18.5. The first-order valence-electron chi connectivity index (χ1n) is 9.06. The van der Waals surface area contributed by atoms with Gasteiger partial charge in [0.25, 0.3) is 0 Å². The van der Waals surface area contributed by atoms with Crippen LogP contribution in [0.25, 0.3) is 0 Å². The van der Waals surface area contributed by atoms with Crippen LogP contribution < -0.4 is 19.7 Å². The fourth-order valence-electron chi connectivity index (χ4n) is 4.13. The van der Waals surface area contributed by atoms with Crippen LogP contribution in [-0.2, 0) is 0 Å². The topological polar surface area (TPSA) is 33.7 Å². The average molecular weight is 369 g/mol. The molecule has 2 aliphatic rings. The van der Waals surface area contributed by atoms with E-state index in [4.69, 9.17) is 21.7 Å². The first kappa shape index (κ1) is 17.2. The third-order valence-corrected chi connectivity index (χ3v) is 5.53. The van der Waals surface area contributed by atoms with Crippen molar-refractivity contribution in [1.29, 1.82) is 0 Å². The Kier molecular flexibility index (Phi) is 4.07. The molecular weight excluding hydrogens is 344 g/mol. The van der Waals surface area contributed by atoms with Gasteiger partial charge in [-0.15, -0.1) is 0 Å². The minimum Gasteiger partial charge on any atom is -0.490 e. The van der Waals surface area contributed by atoms with E-state index in [1.807, 2.05) is 19.1 Å². The highest BCUT2D eigenvalue weighted by molar-refractivity contribution is 7.80. The number of ether oxygens (including phenoxy) is 2. The molecule has 2 bridgehead atoms. The van der Waals surface area contributed by atoms with Crippen molar-refractivity contribution in [2.45, 2.75) is 45.9 Å². The van der Waals surface area contributed by atoms with E-state index in [0.29, 0.717) is 11.7 Å². The van der Waals surface area contributed by atoms with Crippen LogP contribution in [0.1, 0.15) is 43.0 Å². The number of nitrogens with one attached hydrogen (secondary N) is 1. The number of thiocarbonyl (C=S) groups is 1. The molecular formula is C21H24N2O2S. The number of para-hydroxylation sites is 2. The Balaban J connectivity index is 1.85. The lowest BCUT2D eigenvalue weighted by Gasteiger charge is -2.52. The van der Waals surface area contributed by atoms with Crippen LogP contribution >= 0.6 is 12.2 Å². The fraction of sp³-hybridized carbons (Fsp3) is 0.381. The molecule has 0 unspecified atom stereocenters. The van der Waals surface area contributed by atoms with Crippen molar-refractivity contribution < 1.29 is 9.47 Å². The summed E-state index contributed by atoms with van der Waals surface area (Å²) in [6.45, 7) is 8.94. The molecule has 0 radical (unpaired) electrons. The molecule has 2 atom stereocenters. The largest absolute Gasteiger partial charge is 0.490 e. The first-order chi connectivity index (χ1) is 12.4. The SMILES string of the molecule is CCOc1cccc2c1O[C@@]1(C)C[C@H]2NC(=S)N1c1c(C)cccc1C. The summed E-state index contributed by atoms with van der Waals surface area (Å²) in [6, 6.07) is 12.5. The molecule has 4 nitrogen and oxygen atoms in total. The normalized spacial score (nSPS) is 23.8. The quantitative estimate of drug-likeness (QED) is 0.799. The van der Waals surface area contributed by atoms with Crippen molar-refractivity contribution in [1.82, 2.24) is 5.32 Å². The van der Waals surface area contributed by atoms with E-state index in [9.17, 15) is 0 Å². The summed E-state index contributed by atoms with van der Waals surface area (Å²) in [7, 11) is 0. The summed E-state index contributed by atoms with van der Waals surface area (Å²) in [5.74, 6) is 1.61. The lowest BCUT2D eigenvalue weighted by molar-refractivity contribution is 0.0455. The van der Waals surface area contributed by atoms with E-state index < -0.39 is 5.72 Å². The number of hydrogen-bond acceptors (Lipinski definition) is 3. The van der Waals surface area contributed by atoms with Gasteiger partial charge in [-0.25, -0.2) is 0 Å². The van der Waals surface area contributed by atoms with Gasteiger partial charge in [-0.2, -0.15) is 0 Å². The Morgan fingerprint density at radius 3 is 2.62 bits per heavy atom. The second kappa shape index (κ2) is 6.16. The number of fused-ring (bicyclic) bond motifs is 4. The molecule has 0 spiro atoms. The third kappa shape index (κ3) is 2.53. The van der Waals surface area contributed by atoms with Crippen LogP contribution in [0.15, 0.2) is 36.4 Å². The zero-order valence-electron chi connectivity index (χ0n) is 15.6. The molecule has 0 aliphatic carbocycles. The van der Waals surface area contributed by atoms with Crippen molar-refractivity contribution in [3.63, 3.8) is 0 Å². The van der Waals surface area contributed by atoms with E-state index in [-0.39, 0.29) is 6.04 Å². The van der Waals surface area contributed by atoms with Crippen LogP contribution in [0, 0.1) is 13.8 Å². The van der Waals surface area contributed by atoms with Gasteiger partial charge < -0.3 is 14.8 Å². The fourth-order valence-corrected chi connectivity index (χ4v) is 4.55. The van der Waals surface area contributed by atoms with E-state index >= 15 is 0 Å². The van der Waals surface area contributed by atoms with E-state index in [1.165, 1.54) is 11.1 Å². The molecule has 26 heavy (non-hydrogen) atoms. The van der Waals surface area contributed by atoms with Gasteiger partial charge in [0.05, 0.1) is 18.3 Å². The number of aryl methyl sites for hydroxylation is 2. The molecule has 1 fully saturated rings. The maximum absolute atomic E-state index is 6.59. The van der Waals surface area contributed by atoms with Gasteiger partial charge in [0.15, 0.2) is 22.3 Å². The minimum atomic E-state index is -0.565. The molecule has 5 heteroatoms. The van der Waals surface area contributed by atoms with Gasteiger partial charge in [-0.3, -0.25) is 4.90 Å². The second-order valence-corrected chi connectivity index (χ2v) is 7.55. The number of benzene rings is 2. The molecule has 0 saturated carbocycles. The molecule has 1 N–H and O–H groups in total. The van der Waals surface area contributed by atoms with Crippen LogP contribution in [0.5, 0.6) is 11.5 Å². The van der Waals surface area contributed by atoms with Crippen LogP contribution in [0.4, 0.5) is 5.69 Å². The summed E-state index contributed by atoms with van der Waals surface area (Å²) in [5, 5.41) is 4.23. The summed E-state index contributed by atoms with van der Waals surface area (Å²) in [6.07, 6.45) is 0.809. The molecule has 136 valence electrons. The molecule has 2 heterocycles. The summed E-state index contributed by atoms with van der Waals surface area (Å²) < 4.78 is 12.4. The summed E-state index contributed by atoms with van der Waals surface area (Å²) in [5.41, 5.74) is 4.02. The number of anilines is 1. The smallest absolute Gasteiger partial charge is 0.188 e. The molecule has 2 aromatic rings. The Bertz CT molecular complexity index is 862. The lowest BCUT2D eigenvalue weighted by Crippen LogP contribution is -2.65. The van der Waals surface area contributed by atoms with Crippen molar-refractivity contribution >= 4 is 23.0 Å². The molecule has 0 amide bonds. The minimum absolute atomic E-state index is 0.122. The van der Waals surface area contributed by atoms with E-state index in [1.54, 1.807) is 0 Å². The Morgan fingerprint density at radius 2 is 1.92 bits per heavy atom. The van der Waals surface area contributed by atoms with Gasteiger partial charge >= 0.3 is 0 Å². The lowest BCUT2D eigenvalue weighted by atomic mass is 9.89. The van der Waals surface area contributed by atoms with E-state index in [2.05, 4.69) is 55.3 Å². The average Bonchev–Trinajstić information content (AvgIpc) is 2.58. The molecule has 1 saturated heterocycles. The van der Waals surface area contributed by atoms with E-state index in [0.717, 1.165) is 29.2 Å². The molecule has 4 rings (SSSR count). The number of rotatable bonds is 3. The van der Waals surface area contributed by atoms with Gasteiger partial charge in [-0.05, 0) is 57.1 Å². The van der Waals surface area contributed by atoms with Crippen molar-refractivity contribution in [2.75, 3.05) is 11.5 Å². The van der Waals surface area contributed by atoms with Gasteiger partial charge in [0.1, 0.15) is 0 Å². The predicted molar refractivity (Wildman–Crippen MR) is 108 cm³/mol. The standard InChI is InChI=1S/C21H24N2O2S/c1-5-24-17-11-7-10-15-16-12-21(4,25-19(15)17)23(20(26)22-16)18-13(2)8-6-9-14(18)3/h6-11,16H,5,12H2,1-4H3,(H,22,26)/t16-,21+/m1/s1. The van der Waals surface area contributed by atoms with Crippen molar-refractivity contribution in [3.8, 4) is 11.5 Å². The molecule has 2 aliphatic heterocycles. The van der Waals surface area contributed by atoms with Gasteiger partial charge in [0.2, 0.25) is 0 Å². The first-order valence-corrected chi connectivity index (χ1v) is 9.47. The summed E-state index contributed by atoms with van der Waals surface area (Å²) >= 11 is 5.77. The van der Waals surface area contributed by atoms with Crippen LogP contribution in [0.2, 0.25) is 0 Å². The zero-order valence-corrected chi connectivity index (χ0v) is 16.4. The number of nitrogens with zero attached hydrogens (tertiary/aromatic N) is 1. The maximum atomic E-state index is 6.59. The predicted octanol–water partition coefficient (Wildman–Crippen LogP) is 4.64. The second-order valence-electron chi connectivity index (χ2n) is 7.17. The van der Waals surface area contributed by atoms with Gasteiger partial charge in [-0.1, -0.05) is 30.3 Å². The highest BCUT2D eigenvalue weighted by Crippen LogP contribution is 2.49. The molecule has 2 aromatic carbocycles. The van der Waals surface area contributed by atoms with Crippen molar-refractivity contribution in [2.24, 2.45) is 0 Å². The third-order valence-electron chi connectivity index (χ3n) is 5.23. The highest BCUT2D eigenvalue weighted by atomic mass is 32.1. The monoisotopic (exact) mass is 368 g/mol. The Labute approximate surface area is 160 Å². The van der Waals surface area contributed by atoms with Gasteiger partial charge in [0, 0.05) is 12.0 Å². The highest BCUT2D eigenvalue weighted by Gasteiger charge is 2.49. The van der Waals surface area contributed by atoms with Crippen molar-refractivity contribution in [3.05, 3.63) is 53.1 Å². The molecule has 0 aromatic heterocycles. The Morgan fingerprint density at radius 1 is 1.23 bits per heavy atom. The summed E-state index contributed by atoms with van der Waals surface area (Å²) in [4.78, 5) is 2.13. The van der Waals surface area contributed by atoms with Crippen LogP contribution in [-0.4, -0.2) is 17.4 Å². The van der Waals surface area contributed by atoms with Crippen LogP contribution in [0.3, 0.4) is 0 Å². The number of hydrogen-bond donors (Lipinski definition) is 1.